The molecule has 0 saturated heterocycles. The largest absolute Gasteiger partial charge is 0.480 e. The third kappa shape index (κ3) is 5.25. The van der Waals surface area contributed by atoms with Gasteiger partial charge in [0.05, 0.1) is 4.47 Å². The molecule has 0 fully saturated rings. The van der Waals surface area contributed by atoms with Crippen LogP contribution in [-0.2, 0) is 4.79 Å². The highest BCUT2D eigenvalue weighted by molar-refractivity contribution is 9.10. The molecule has 0 aliphatic heterocycles. The second-order valence-electron chi connectivity index (χ2n) is 3.84. The monoisotopic (exact) mass is 336 g/mol. The summed E-state index contributed by atoms with van der Waals surface area (Å²) in [5, 5.41) is 2.76. The van der Waals surface area contributed by atoms with Gasteiger partial charge in [0.2, 0.25) is 0 Å². The summed E-state index contributed by atoms with van der Waals surface area (Å²) < 4.78 is 6.38. The smallest absolute Gasteiger partial charge is 0.261 e. The van der Waals surface area contributed by atoms with Crippen molar-refractivity contribution in [3.8, 4) is 5.75 Å². The highest BCUT2D eigenvalue weighted by Gasteiger charge is 2.16. The molecule has 1 unspecified atom stereocenters. The minimum Gasteiger partial charge on any atom is -0.480 e. The molecular weight excluding hydrogens is 320 g/mol. The van der Waals surface area contributed by atoms with Gasteiger partial charge in [0.25, 0.3) is 5.91 Å². The van der Waals surface area contributed by atoms with Crippen LogP contribution in [0.4, 0.5) is 0 Å². The maximum Gasteiger partial charge on any atom is 0.261 e. The average Bonchev–Trinajstić information content (AvgIpc) is 2.31. The topological polar surface area (TPSA) is 64.3 Å². The third-order valence-electron chi connectivity index (χ3n) is 2.25. The van der Waals surface area contributed by atoms with Crippen LogP contribution >= 0.6 is 28.3 Å². The molecule has 0 heterocycles. The second-order valence-corrected chi connectivity index (χ2v) is 4.69. The molecule has 3 N–H and O–H groups in total. The molecule has 0 aromatic heterocycles. The summed E-state index contributed by atoms with van der Waals surface area (Å²) in [6.45, 7) is 3.97. The van der Waals surface area contributed by atoms with E-state index in [1.165, 1.54) is 0 Å². The number of carbonyl (C=O) groups excluding carboxylic acids is 1. The quantitative estimate of drug-likeness (QED) is 0.865. The van der Waals surface area contributed by atoms with Gasteiger partial charge in [0.15, 0.2) is 6.10 Å². The molecule has 18 heavy (non-hydrogen) atoms. The summed E-state index contributed by atoms with van der Waals surface area (Å²) >= 11 is 3.36. The van der Waals surface area contributed by atoms with Gasteiger partial charge in [0.1, 0.15) is 5.75 Å². The summed E-state index contributed by atoms with van der Waals surface area (Å²) in [5.41, 5.74) is 5.43. The van der Waals surface area contributed by atoms with Crippen molar-refractivity contribution in [2.24, 2.45) is 5.73 Å². The average molecular weight is 338 g/mol. The van der Waals surface area contributed by atoms with E-state index < -0.39 is 6.10 Å². The minimum absolute atomic E-state index is 0. The molecule has 0 saturated carbocycles. The van der Waals surface area contributed by atoms with Crippen molar-refractivity contribution >= 4 is 34.2 Å². The number of amides is 1. The molecule has 0 spiro atoms. The van der Waals surface area contributed by atoms with Crippen LogP contribution in [0.5, 0.6) is 5.75 Å². The van der Waals surface area contributed by atoms with E-state index in [1.807, 2.05) is 25.1 Å². The van der Waals surface area contributed by atoms with Gasteiger partial charge in [-0.3, -0.25) is 4.79 Å². The van der Waals surface area contributed by atoms with E-state index in [-0.39, 0.29) is 24.4 Å². The highest BCUT2D eigenvalue weighted by atomic mass is 79.9. The first-order valence-corrected chi connectivity index (χ1v) is 6.25. The van der Waals surface area contributed by atoms with Crippen molar-refractivity contribution in [2.75, 3.05) is 6.54 Å². The summed E-state index contributed by atoms with van der Waals surface area (Å²) in [6, 6.07) is 7.36. The number of para-hydroxylation sites is 1. The standard InChI is InChI=1S/C12H17BrN2O2.ClH/c1-8(7-14)15-12(16)9(2)17-11-6-4-3-5-10(11)13;/h3-6,8-9H,7,14H2,1-2H3,(H,15,16);1H/t8-,9?;/m0./s1. The number of hydrogen-bond acceptors (Lipinski definition) is 3. The van der Waals surface area contributed by atoms with Crippen LogP contribution in [0.25, 0.3) is 0 Å². The Balaban J connectivity index is 0.00000289. The van der Waals surface area contributed by atoms with Crippen molar-refractivity contribution in [3.63, 3.8) is 0 Å². The molecule has 1 aromatic rings. The van der Waals surface area contributed by atoms with Crippen LogP contribution in [0.15, 0.2) is 28.7 Å². The van der Waals surface area contributed by atoms with Crippen LogP contribution in [0.1, 0.15) is 13.8 Å². The zero-order chi connectivity index (χ0) is 12.8. The van der Waals surface area contributed by atoms with Gasteiger partial charge < -0.3 is 15.8 Å². The summed E-state index contributed by atoms with van der Waals surface area (Å²) in [4.78, 5) is 11.7. The lowest BCUT2D eigenvalue weighted by molar-refractivity contribution is -0.127. The van der Waals surface area contributed by atoms with E-state index in [2.05, 4.69) is 21.2 Å². The Bertz CT molecular complexity index is 390. The number of ether oxygens (including phenoxy) is 1. The normalized spacial score (nSPS) is 13.1. The number of benzene rings is 1. The summed E-state index contributed by atoms with van der Waals surface area (Å²) in [6.07, 6.45) is -0.553. The molecule has 2 atom stereocenters. The lowest BCUT2D eigenvalue weighted by Crippen LogP contribution is -2.44. The Hall–Kier alpha value is -0.780. The zero-order valence-electron chi connectivity index (χ0n) is 10.4. The van der Waals surface area contributed by atoms with E-state index in [0.717, 1.165) is 4.47 Å². The first kappa shape index (κ1) is 17.2. The number of rotatable bonds is 5. The molecule has 0 aliphatic carbocycles. The number of halogens is 2. The lowest BCUT2D eigenvalue weighted by atomic mass is 10.3. The Morgan fingerprint density at radius 3 is 2.61 bits per heavy atom. The van der Waals surface area contributed by atoms with E-state index in [9.17, 15) is 4.79 Å². The van der Waals surface area contributed by atoms with Gasteiger partial charge in [-0.1, -0.05) is 12.1 Å². The van der Waals surface area contributed by atoms with Crippen molar-refractivity contribution in [1.29, 1.82) is 0 Å². The highest BCUT2D eigenvalue weighted by Crippen LogP contribution is 2.24. The molecule has 1 aromatic carbocycles. The minimum atomic E-state index is -0.553. The van der Waals surface area contributed by atoms with Crippen LogP contribution in [0, 0.1) is 0 Å². The van der Waals surface area contributed by atoms with Gasteiger partial charge in [-0.15, -0.1) is 12.4 Å². The maximum absolute atomic E-state index is 11.7. The molecule has 0 aliphatic rings. The fraction of sp³-hybridized carbons (Fsp3) is 0.417. The number of carbonyl (C=O) groups is 1. The number of nitrogens with two attached hydrogens (primary N) is 1. The van der Waals surface area contributed by atoms with Gasteiger partial charge >= 0.3 is 0 Å². The molecule has 6 heteroatoms. The van der Waals surface area contributed by atoms with Gasteiger partial charge in [0, 0.05) is 12.6 Å². The second kappa shape index (κ2) is 8.34. The third-order valence-corrected chi connectivity index (χ3v) is 2.91. The van der Waals surface area contributed by atoms with Crippen molar-refractivity contribution in [1.82, 2.24) is 5.32 Å². The van der Waals surface area contributed by atoms with Crippen LogP contribution in [0.2, 0.25) is 0 Å². The first-order chi connectivity index (χ1) is 8.04. The SMILES string of the molecule is CC(Oc1ccccc1Br)C(=O)N[C@@H](C)CN.Cl. The zero-order valence-corrected chi connectivity index (χ0v) is 12.8. The van der Waals surface area contributed by atoms with Crippen LogP contribution in [-0.4, -0.2) is 24.6 Å². The molecule has 0 bridgehead atoms. The fourth-order valence-electron chi connectivity index (χ4n) is 1.20. The Morgan fingerprint density at radius 2 is 2.06 bits per heavy atom. The summed E-state index contributed by atoms with van der Waals surface area (Å²) in [5.74, 6) is 0.481. The van der Waals surface area contributed by atoms with E-state index in [0.29, 0.717) is 12.3 Å². The van der Waals surface area contributed by atoms with Crippen molar-refractivity contribution in [2.45, 2.75) is 26.0 Å². The van der Waals surface area contributed by atoms with Crippen molar-refractivity contribution < 1.29 is 9.53 Å². The van der Waals surface area contributed by atoms with Gasteiger partial charge in [-0.05, 0) is 41.9 Å². The van der Waals surface area contributed by atoms with Gasteiger partial charge in [-0.2, -0.15) is 0 Å². The first-order valence-electron chi connectivity index (χ1n) is 5.46. The predicted octanol–water partition coefficient (Wildman–Crippen LogP) is 2.10. The molecule has 4 nitrogen and oxygen atoms in total. The van der Waals surface area contributed by atoms with Crippen molar-refractivity contribution in [3.05, 3.63) is 28.7 Å². The Kier molecular flexibility index (Phi) is 7.98. The van der Waals surface area contributed by atoms with Crippen LogP contribution < -0.4 is 15.8 Å². The van der Waals surface area contributed by atoms with Crippen LogP contribution in [0.3, 0.4) is 0 Å². The molecule has 1 rings (SSSR count). The molecular formula is C12H18BrClN2O2. The fourth-order valence-corrected chi connectivity index (χ4v) is 1.58. The van der Waals surface area contributed by atoms with E-state index in [4.69, 9.17) is 10.5 Å². The Morgan fingerprint density at radius 1 is 1.44 bits per heavy atom. The number of hydrogen-bond donors (Lipinski definition) is 2. The maximum atomic E-state index is 11.7. The molecule has 102 valence electrons. The predicted molar refractivity (Wildman–Crippen MR) is 78.1 cm³/mol. The van der Waals surface area contributed by atoms with E-state index in [1.54, 1.807) is 13.0 Å². The summed E-state index contributed by atoms with van der Waals surface area (Å²) in [7, 11) is 0. The number of nitrogens with one attached hydrogen (secondary N) is 1. The van der Waals surface area contributed by atoms with E-state index >= 15 is 0 Å². The molecule has 1 amide bonds. The molecule has 0 radical (unpaired) electrons. The van der Waals surface area contributed by atoms with Gasteiger partial charge in [-0.25, -0.2) is 0 Å². The lowest BCUT2D eigenvalue weighted by Gasteiger charge is -2.18. The Labute approximate surface area is 122 Å².